The maximum absolute atomic E-state index is 13.0. The lowest BCUT2D eigenvalue weighted by molar-refractivity contribution is 0.0856. The van der Waals surface area contributed by atoms with E-state index in [1.165, 1.54) is 22.6 Å². The number of hydrogen-bond donors (Lipinski definition) is 1. The first-order chi connectivity index (χ1) is 13.9. The Bertz CT molecular complexity index is 1100. The molecule has 1 unspecified atom stereocenters. The zero-order chi connectivity index (χ0) is 20.6. The SMILES string of the molecule is Cn1cc(C(=O)NCC2CCCO2)c(=O)c2cc(S(=O)(=O)N3CCCC3)ccc21. The lowest BCUT2D eigenvalue weighted by atomic mass is 10.1. The molecule has 0 saturated carbocycles. The summed E-state index contributed by atoms with van der Waals surface area (Å²) >= 11 is 0. The van der Waals surface area contributed by atoms with Gasteiger partial charge in [-0.15, -0.1) is 0 Å². The van der Waals surface area contributed by atoms with Crippen molar-refractivity contribution in [2.24, 2.45) is 7.05 Å². The fourth-order valence-electron chi connectivity index (χ4n) is 3.98. The predicted octanol–water partition coefficient (Wildman–Crippen LogP) is 1.23. The number of pyridine rings is 1. The molecule has 2 fully saturated rings. The number of nitrogens with one attached hydrogen (secondary N) is 1. The maximum atomic E-state index is 13.0. The van der Waals surface area contributed by atoms with Crippen LogP contribution in [0.15, 0.2) is 34.1 Å². The first kappa shape index (κ1) is 20.1. The molecule has 0 radical (unpaired) electrons. The van der Waals surface area contributed by atoms with Crippen molar-refractivity contribution in [1.82, 2.24) is 14.2 Å². The fraction of sp³-hybridized carbons (Fsp3) is 0.500. The van der Waals surface area contributed by atoms with Crippen LogP contribution in [0.2, 0.25) is 0 Å². The molecule has 8 nitrogen and oxygen atoms in total. The molecule has 0 bridgehead atoms. The standard InChI is InChI=1S/C20H25N3O5S/c1-22-13-17(20(25)21-12-14-5-4-10-28-14)19(24)16-11-15(6-7-18(16)22)29(26,27)23-8-2-3-9-23/h6-7,11,13-14H,2-5,8-10,12H2,1H3,(H,21,25). The highest BCUT2D eigenvalue weighted by Crippen LogP contribution is 2.23. The van der Waals surface area contributed by atoms with Gasteiger partial charge in [-0.25, -0.2) is 8.42 Å². The molecule has 1 amide bonds. The van der Waals surface area contributed by atoms with Gasteiger partial charge in [0.05, 0.1) is 16.5 Å². The van der Waals surface area contributed by atoms with Crippen molar-refractivity contribution in [3.05, 3.63) is 40.2 Å². The zero-order valence-electron chi connectivity index (χ0n) is 16.4. The molecule has 0 aliphatic carbocycles. The molecule has 1 aromatic carbocycles. The number of sulfonamides is 1. The predicted molar refractivity (Wildman–Crippen MR) is 108 cm³/mol. The number of fused-ring (bicyclic) bond motifs is 1. The van der Waals surface area contributed by atoms with Crippen LogP contribution in [0.1, 0.15) is 36.0 Å². The Kier molecular flexibility index (Phi) is 5.46. The quantitative estimate of drug-likeness (QED) is 0.786. The summed E-state index contributed by atoms with van der Waals surface area (Å²) in [7, 11) is -1.92. The largest absolute Gasteiger partial charge is 0.376 e. The molecular formula is C20H25N3O5S. The zero-order valence-corrected chi connectivity index (χ0v) is 17.2. The summed E-state index contributed by atoms with van der Waals surface area (Å²) in [6.45, 7) is 2.02. The average molecular weight is 420 g/mol. The van der Waals surface area contributed by atoms with Gasteiger partial charge in [-0.3, -0.25) is 9.59 Å². The van der Waals surface area contributed by atoms with Crippen LogP contribution >= 0.6 is 0 Å². The third-order valence-electron chi connectivity index (χ3n) is 5.62. The number of carbonyl (C=O) groups is 1. The van der Waals surface area contributed by atoms with Crippen LogP contribution < -0.4 is 10.7 Å². The number of aryl methyl sites for hydroxylation is 1. The second-order valence-electron chi connectivity index (χ2n) is 7.62. The van der Waals surface area contributed by atoms with Crippen molar-refractivity contribution >= 4 is 26.8 Å². The van der Waals surface area contributed by atoms with Crippen LogP contribution in [0.25, 0.3) is 10.9 Å². The number of aromatic nitrogens is 1. The van der Waals surface area contributed by atoms with E-state index in [1.54, 1.807) is 17.7 Å². The number of hydrogen-bond acceptors (Lipinski definition) is 5. The molecule has 2 aliphatic rings. The van der Waals surface area contributed by atoms with Crippen LogP contribution in [0.5, 0.6) is 0 Å². The highest BCUT2D eigenvalue weighted by atomic mass is 32.2. The molecule has 2 aromatic rings. The minimum absolute atomic E-state index is 0.00582. The van der Waals surface area contributed by atoms with Gasteiger partial charge in [0, 0.05) is 44.9 Å². The number of benzene rings is 1. The highest BCUT2D eigenvalue weighted by Gasteiger charge is 2.28. The first-order valence-corrected chi connectivity index (χ1v) is 11.4. The van der Waals surface area contributed by atoms with Gasteiger partial charge in [-0.1, -0.05) is 0 Å². The number of rotatable bonds is 5. The van der Waals surface area contributed by atoms with Crippen molar-refractivity contribution in [1.29, 1.82) is 0 Å². The number of amides is 1. The molecule has 1 atom stereocenters. The van der Waals surface area contributed by atoms with E-state index < -0.39 is 21.4 Å². The molecule has 9 heteroatoms. The van der Waals surface area contributed by atoms with E-state index in [0.29, 0.717) is 31.8 Å². The van der Waals surface area contributed by atoms with Crippen molar-refractivity contribution in [3.8, 4) is 0 Å². The van der Waals surface area contributed by atoms with E-state index in [2.05, 4.69) is 5.32 Å². The van der Waals surface area contributed by atoms with E-state index in [-0.39, 0.29) is 21.9 Å². The average Bonchev–Trinajstić information content (AvgIpc) is 3.42. The van der Waals surface area contributed by atoms with Crippen LogP contribution in [-0.4, -0.2) is 55.5 Å². The van der Waals surface area contributed by atoms with Gasteiger partial charge in [0.15, 0.2) is 0 Å². The second-order valence-corrected chi connectivity index (χ2v) is 9.56. The van der Waals surface area contributed by atoms with Gasteiger partial charge in [-0.2, -0.15) is 4.31 Å². The number of nitrogens with zero attached hydrogens (tertiary/aromatic N) is 2. The highest BCUT2D eigenvalue weighted by molar-refractivity contribution is 7.89. The Morgan fingerprint density at radius 2 is 2.00 bits per heavy atom. The van der Waals surface area contributed by atoms with Gasteiger partial charge in [0.25, 0.3) is 5.91 Å². The summed E-state index contributed by atoms with van der Waals surface area (Å²) in [6.07, 6.45) is 4.98. The number of carbonyl (C=O) groups excluding carboxylic acids is 1. The smallest absolute Gasteiger partial charge is 0.256 e. The molecule has 156 valence electrons. The fourth-order valence-corrected chi connectivity index (χ4v) is 5.52. The monoisotopic (exact) mass is 419 g/mol. The van der Waals surface area contributed by atoms with Gasteiger partial charge in [0.2, 0.25) is 15.5 Å². The van der Waals surface area contributed by atoms with Crippen LogP contribution in [0, 0.1) is 0 Å². The Hall–Kier alpha value is -2.23. The van der Waals surface area contributed by atoms with Crippen molar-refractivity contribution < 1.29 is 17.9 Å². The van der Waals surface area contributed by atoms with Gasteiger partial charge >= 0.3 is 0 Å². The van der Waals surface area contributed by atoms with E-state index in [0.717, 1.165) is 25.7 Å². The van der Waals surface area contributed by atoms with Crippen molar-refractivity contribution in [3.63, 3.8) is 0 Å². The molecular weight excluding hydrogens is 394 g/mol. The van der Waals surface area contributed by atoms with Crippen molar-refractivity contribution in [2.45, 2.75) is 36.7 Å². The minimum Gasteiger partial charge on any atom is -0.376 e. The minimum atomic E-state index is -3.65. The molecule has 2 aliphatic heterocycles. The second kappa shape index (κ2) is 7.89. The molecule has 4 rings (SSSR count). The lowest BCUT2D eigenvalue weighted by Crippen LogP contribution is -2.35. The van der Waals surface area contributed by atoms with Gasteiger partial charge in [-0.05, 0) is 43.9 Å². The Morgan fingerprint density at radius 3 is 2.69 bits per heavy atom. The maximum Gasteiger partial charge on any atom is 0.256 e. The Labute approximate surface area is 169 Å². The van der Waals surface area contributed by atoms with E-state index in [4.69, 9.17) is 4.74 Å². The lowest BCUT2D eigenvalue weighted by Gasteiger charge is -2.16. The number of ether oxygens (including phenoxy) is 1. The summed E-state index contributed by atoms with van der Waals surface area (Å²) in [5.41, 5.74) is 0.0983. The first-order valence-electron chi connectivity index (χ1n) is 9.91. The van der Waals surface area contributed by atoms with Crippen molar-refractivity contribution in [2.75, 3.05) is 26.2 Å². The normalized spacial score (nSPS) is 20.4. The van der Waals surface area contributed by atoms with Gasteiger partial charge in [0.1, 0.15) is 5.56 Å². The summed E-state index contributed by atoms with van der Waals surface area (Å²) in [4.78, 5) is 25.7. The molecule has 1 aromatic heterocycles. The third-order valence-corrected chi connectivity index (χ3v) is 7.52. The molecule has 0 spiro atoms. The van der Waals surface area contributed by atoms with Gasteiger partial charge < -0.3 is 14.6 Å². The third kappa shape index (κ3) is 3.82. The molecule has 29 heavy (non-hydrogen) atoms. The van der Waals surface area contributed by atoms with Crippen LogP contribution in [0.3, 0.4) is 0 Å². The molecule has 1 N–H and O–H groups in total. The summed E-state index contributed by atoms with van der Waals surface area (Å²) < 4.78 is 34.3. The van der Waals surface area contributed by atoms with E-state index in [9.17, 15) is 18.0 Å². The topological polar surface area (TPSA) is 97.7 Å². The Balaban J connectivity index is 1.69. The summed E-state index contributed by atoms with van der Waals surface area (Å²) in [5.74, 6) is -0.476. The Morgan fingerprint density at radius 1 is 1.24 bits per heavy atom. The molecule has 2 saturated heterocycles. The van der Waals surface area contributed by atoms with E-state index >= 15 is 0 Å². The summed E-state index contributed by atoms with van der Waals surface area (Å²) in [6, 6.07) is 4.53. The van der Waals surface area contributed by atoms with Crippen LogP contribution in [-0.2, 0) is 21.8 Å². The summed E-state index contributed by atoms with van der Waals surface area (Å²) in [5, 5.41) is 2.98. The van der Waals surface area contributed by atoms with Crippen LogP contribution in [0.4, 0.5) is 0 Å². The van der Waals surface area contributed by atoms with E-state index in [1.807, 2.05) is 0 Å². The molecule has 3 heterocycles.